The molecule has 3 aromatic rings. The second kappa shape index (κ2) is 10.6. The van der Waals surface area contributed by atoms with Crippen LogP contribution in [0.5, 0.6) is 0 Å². The number of hydrogen-bond donors (Lipinski definition) is 3. The summed E-state index contributed by atoms with van der Waals surface area (Å²) in [6.07, 6.45) is 3.21. The molecule has 7 rings (SSSR count). The highest BCUT2D eigenvalue weighted by molar-refractivity contribution is 5.93. The fraction of sp³-hybridized carbons (Fsp3) is 0.633. The van der Waals surface area contributed by atoms with E-state index in [9.17, 15) is 27.2 Å². The lowest BCUT2D eigenvalue weighted by atomic mass is 9.79. The smallest absolute Gasteiger partial charge is 0.276 e. The first-order valence-corrected chi connectivity index (χ1v) is 15.2. The highest BCUT2D eigenvalue weighted by Gasteiger charge is 2.46. The Morgan fingerprint density at radius 1 is 0.930 bits per heavy atom. The first-order chi connectivity index (χ1) is 20.5. The highest BCUT2D eigenvalue weighted by Crippen LogP contribution is 2.46. The predicted octanol–water partition coefficient (Wildman–Crippen LogP) is 6.12. The maximum atomic E-state index is 14.0. The van der Waals surface area contributed by atoms with E-state index in [1.165, 1.54) is 0 Å². The van der Waals surface area contributed by atoms with E-state index in [4.69, 9.17) is 9.61 Å². The predicted molar refractivity (Wildman–Crippen MR) is 145 cm³/mol. The van der Waals surface area contributed by atoms with Gasteiger partial charge in [-0.2, -0.15) is 0 Å². The van der Waals surface area contributed by atoms with Crippen LogP contribution in [0.1, 0.15) is 116 Å². The lowest BCUT2D eigenvalue weighted by Crippen LogP contribution is -2.39. The number of nitrogens with one attached hydrogen (secondary N) is 3. The average Bonchev–Trinajstić information content (AvgIpc) is 3.87. The summed E-state index contributed by atoms with van der Waals surface area (Å²) in [5.41, 5.74) is 2.82. The maximum Gasteiger partial charge on any atom is 0.276 e. The highest BCUT2D eigenvalue weighted by atomic mass is 19.3. The molecule has 230 valence electrons. The molecule has 0 spiro atoms. The average molecular weight is 603 g/mol. The molecule has 4 aliphatic carbocycles. The monoisotopic (exact) mass is 602 g/mol. The number of rotatable bonds is 10. The van der Waals surface area contributed by atoms with Crippen LogP contribution in [0.15, 0.2) is 22.8 Å². The number of hydrogen-bond acceptors (Lipinski definition) is 6. The van der Waals surface area contributed by atoms with Crippen LogP contribution >= 0.6 is 0 Å². The number of nitrogens with zero attached hydrogens (tertiary/aromatic N) is 3. The summed E-state index contributed by atoms with van der Waals surface area (Å²) in [6.45, 7) is 0. The van der Waals surface area contributed by atoms with Gasteiger partial charge in [-0.3, -0.25) is 9.59 Å². The topological polar surface area (TPSA) is 126 Å². The van der Waals surface area contributed by atoms with Gasteiger partial charge in [-0.25, -0.2) is 27.2 Å². The van der Waals surface area contributed by atoms with Crippen molar-refractivity contribution in [3.8, 4) is 0 Å². The Balaban J connectivity index is 1.12. The van der Waals surface area contributed by atoms with E-state index in [2.05, 4.69) is 25.9 Å². The van der Waals surface area contributed by atoms with Crippen molar-refractivity contribution in [3.63, 3.8) is 0 Å². The van der Waals surface area contributed by atoms with Gasteiger partial charge in [0.25, 0.3) is 5.91 Å². The third-order valence-electron chi connectivity index (χ3n) is 9.45. The molecule has 4 saturated carbocycles. The van der Waals surface area contributed by atoms with Gasteiger partial charge in [-0.15, -0.1) is 0 Å². The van der Waals surface area contributed by atoms with Crippen molar-refractivity contribution in [1.29, 1.82) is 0 Å². The number of amides is 2. The molecule has 13 heteroatoms. The SMILES string of the molecule is O=C(CC1CC(F)(F)C1)NC(c1ccc2nc([C@@H](NC(=O)c3nonc3C3CC3)C3CCC(F)(F)CC3)[nH]c2c1)C1CC1. The molecule has 1 unspecified atom stereocenters. The Bertz CT molecular complexity index is 1510. The van der Waals surface area contributed by atoms with Gasteiger partial charge >= 0.3 is 0 Å². The van der Waals surface area contributed by atoms with Crippen LogP contribution < -0.4 is 10.6 Å². The molecule has 2 heterocycles. The largest absolute Gasteiger partial charge is 0.349 e. The number of aromatic amines is 1. The van der Waals surface area contributed by atoms with Crippen LogP contribution in [-0.2, 0) is 4.79 Å². The van der Waals surface area contributed by atoms with Crippen LogP contribution in [0, 0.1) is 17.8 Å². The molecule has 4 aliphatic rings. The van der Waals surface area contributed by atoms with E-state index >= 15 is 0 Å². The number of aromatic nitrogens is 4. The maximum absolute atomic E-state index is 14.0. The second-order valence-corrected chi connectivity index (χ2v) is 13.0. The normalized spacial score (nSPS) is 23.4. The number of benzene rings is 1. The minimum Gasteiger partial charge on any atom is -0.349 e. The Hall–Kier alpha value is -3.51. The van der Waals surface area contributed by atoms with Crippen LogP contribution in [0.25, 0.3) is 11.0 Å². The summed E-state index contributed by atoms with van der Waals surface area (Å²) in [6, 6.07) is 4.72. The minimum atomic E-state index is -2.73. The summed E-state index contributed by atoms with van der Waals surface area (Å²) in [4.78, 5) is 34.1. The third-order valence-corrected chi connectivity index (χ3v) is 9.45. The molecular formula is C30H34F4N6O3. The molecule has 1 aromatic carbocycles. The number of fused-ring (bicyclic) bond motifs is 1. The number of carbonyl (C=O) groups is 2. The van der Waals surface area contributed by atoms with Gasteiger partial charge in [0.1, 0.15) is 11.5 Å². The number of halogens is 4. The Morgan fingerprint density at radius 3 is 2.33 bits per heavy atom. The fourth-order valence-electron chi connectivity index (χ4n) is 6.71. The fourth-order valence-corrected chi connectivity index (χ4v) is 6.71. The molecule has 0 saturated heterocycles. The first kappa shape index (κ1) is 28.3. The van der Waals surface area contributed by atoms with Crippen molar-refractivity contribution in [3.05, 3.63) is 41.0 Å². The lowest BCUT2D eigenvalue weighted by molar-refractivity contribution is -0.134. The van der Waals surface area contributed by atoms with E-state index in [-0.39, 0.29) is 86.3 Å². The van der Waals surface area contributed by atoms with Crippen LogP contribution in [0.3, 0.4) is 0 Å². The molecule has 0 radical (unpaired) electrons. The Labute approximate surface area is 244 Å². The molecule has 0 aliphatic heterocycles. The van der Waals surface area contributed by atoms with Crippen molar-refractivity contribution in [2.75, 3.05) is 0 Å². The van der Waals surface area contributed by atoms with Gasteiger partial charge in [-0.1, -0.05) is 11.2 Å². The molecule has 9 nitrogen and oxygen atoms in total. The van der Waals surface area contributed by atoms with Gasteiger partial charge in [-0.05, 0) is 79.1 Å². The number of alkyl halides is 4. The molecule has 0 bridgehead atoms. The van der Waals surface area contributed by atoms with E-state index in [1.54, 1.807) is 0 Å². The van der Waals surface area contributed by atoms with Gasteiger partial charge in [0.05, 0.1) is 23.1 Å². The Morgan fingerprint density at radius 2 is 1.65 bits per heavy atom. The lowest BCUT2D eigenvalue weighted by Gasteiger charge is -2.34. The summed E-state index contributed by atoms with van der Waals surface area (Å²) in [7, 11) is 0. The number of imidazole rings is 1. The van der Waals surface area contributed by atoms with Crippen molar-refractivity contribution >= 4 is 22.8 Å². The third kappa shape index (κ3) is 6.12. The molecule has 2 amide bonds. The first-order valence-electron chi connectivity index (χ1n) is 15.2. The van der Waals surface area contributed by atoms with Crippen molar-refractivity contribution in [2.24, 2.45) is 17.8 Å². The van der Waals surface area contributed by atoms with Crippen LogP contribution in [0.2, 0.25) is 0 Å². The van der Waals surface area contributed by atoms with E-state index < -0.39 is 23.8 Å². The molecular weight excluding hydrogens is 568 g/mol. The minimum absolute atomic E-state index is 0.0839. The molecule has 2 atom stereocenters. The van der Waals surface area contributed by atoms with Crippen molar-refractivity contribution in [2.45, 2.75) is 100 Å². The zero-order chi connectivity index (χ0) is 29.9. The molecule has 4 fully saturated rings. The molecule has 2 aromatic heterocycles. The molecule has 3 N–H and O–H groups in total. The van der Waals surface area contributed by atoms with Gasteiger partial charge in [0, 0.05) is 38.0 Å². The van der Waals surface area contributed by atoms with E-state index in [1.807, 2.05) is 18.2 Å². The molecule has 43 heavy (non-hydrogen) atoms. The summed E-state index contributed by atoms with van der Waals surface area (Å²) in [5.74, 6) is -5.82. The second-order valence-electron chi connectivity index (χ2n) is 13.0. The van der Waals surface area contributed by atoms with E-state index in [0.717, 1.165) is 31.2 Å². The number of carbonyl (C=O) groups excluding carboxylic acids is 2. The quantitative estimate of drug-likeness (QED) is 0.240. The number of H-pyrrole nitrogens is 1. The summed E-state index contributed by atoms with van der Waals surface area (Å²) >= 11 is 0. The van der Waals surface area contributed by atoms with Gasteiger partial charge in [0.15, 0.2) is 5.69 Å². The van der Waals surface area contributed by atoms with Crippen LogP contribution in [0.4, 0.5) is 17.6 Å². The van der Waals surface area contributed by atoms with Crippen LogP contribution in [-0.4, -0.2) is 43.9 Å². The van der Waals surface area contributed by atoms with Crippen molar-refractivity contribution in [1.82, 2.24) is 30.9 Å². The zero-order valence-electron chi connectivity index (χ0n) is 23.6. The summed E-state index contributed by atoms with van der Waals surface area (Å²) < 4.78 is 59.5. The standard InChI is InChI=1S/C30H34F4N6O3/c31-29(32)9-7-18(8-10-29)25(38-28(42)26-24(17-3-4-17)39-43-40-26)27-35-20-6-5-19(12-21(20)36-27)23(16-1-2-16)37-22(41)11-15-13-30(33,34)14-15/h5-6,12,15-18,23,25H,1-4,7-11,13-14H2,(H,35,36)(H,37,41)(H,38,42)/t23?,25-/m0/s1. The van der Waals surface area contributed by atoms with Gasteiger partial charge in [0.2, 0.25) is 17.8 Å². The van der Waals surface area contributed by atoms with Gasteiger partial charge < -0.3 is 15.6 Å². The van der Waals surface area contributed by atoms with Crippen molar-refractivity contribution < 1.29 is 31.8 Å². The zero-order valence-corrected chi connectivity index (χ0v) is 23.6. The summed E-state index contributed by atoms with van der Waals surface area (Å²) in [5, 5.41) is 13.8. The Kier molecular flexibility index (Phi) is 6.96. The van der Waals surface area contributed by atoms with E-state index in [0.29, 0.717) is 22.6 Å².